The number of hydrogen-bond donors (Lipinski definition) is 3. The third-order valence-electron chi connectivity index (χ3n) is 4.36. The van der Waals surface area contributed by atoms with Crippen LogP contribution in [-0.4, -0.2) is 36.3 Å². The topological polar surface area (TPSA) is 87.7 Å². The smallest absolute Gasteiger partial charge is 0.268 e. The molecule has 0 saturated heterocycles. The van der Waals surface area contributed by atoms with Crippen LogP contribution in [0.1, 0.15) is 29.8 Å². The first-order valence-electron chi connectivity index (χ1n) is 8.47. The first-order chi connectivity index (χ1) is 12.5. The molecule has 0 heterocycles. The predicted octanol–water partition coefficient (Wildman–Crippen LogP) is 2.55. The second-order valence-corrected chi connectivity index (χ2v) is 6.00. The molecule has 0 bridgehead atoms. The van der Waals surface area contributed by atoms with Crippen LogP contribution in [0.3, 0.4) is 0 Å². The fraction of sp³-hybridized carbons (Fsp3) is 0.300. The van der Waals surface area contributed by atoms with Crippen LogP contribution in [-0.2, 0) is 16.0 Å². The van der Waals surface area contributed by atoms with Crippen molar-refractivity contribution in [1.82, 2.24) is 10.8 Å². The summed E-state index contributed by atoms with van der Waals surface area (Å²) in [5.74, 6) is -1.16. The van der Waals surface area contributed by atoms with Gasteiger partial charge in [-0.25, -0.2) is 5.48 Å². The average molecular weight is 356 g/mol. The Bertz CT molecular complexity index is 741. The van der Waals surface area contributed by atoms with Gasteiger partial charge in [-0.05, 0) is 42.2 Å². The largest absolute Gasteiger partial charge is 0.379 e. The lowest BCUT2D eigenvalue weighted by molar-refractivity contribution is -0.134. The predicted molar refractivity (Wildman–Crippen MR) is 98.9 cm³/mol. The maximum atomic E-state index is 12.4. The molecule has 0 radical (unpaired) electrons. The SMILES string of the molecule is CCc1ccc(-c2ccc(C(=O)NC(C(=O)NO)[C@@H](C)OC)cc2)cc1. The molecule has 2 aromatic rings. The summed E-state index contributed by atoms with van der Waals surface area (Å²) in [5, 5.41) is 11.4. The number of nitrogens with one attached hydrogen (secondary N) is 2. The van der Waals surface area contributed by atoms with E-state index in [4.69, 9.17) is 9.94 Å². The van der Waals surface area contributed by atoms with E-state index in [1.807, 2.05) is 12.1 Å². The van der Waals surface area contributed by atoms with Gasteiger partial charge in [0.05, 0.1) is 6.10 Å². The van der Waals surface area contributed by atoms with Gasteiger partial charge in [-0.2, -0.15) is 0 Å². The number of hydroxylamine groups is 1. The quantitative estimate of drug-likeness (QED) is 0.525. The van der Waals surface area contributed by atoms with Crippen LogP contribution in [0.25, 0.3) is 11.1 Å². The molecular formula is C20H24N2O4. The summed E-state index contributed by atoms with van der Waals surface area (Å²) in [6.45, 7) is 3.74. The van der Waals surface area contributed by atoms with E-state index in [1.165, 1.54) is 12.7 Å². The van der Waals surface area contributed by atoms with E-state index in [0.717, 1.165) is 17.5 Å². The third kappa shape index (κ3) is 4.68. The van der Waals surface area contributed by atoms with E-state index >= 15 is 0 Å². The Kier molecular flexibility index (Phi) is 6.89. The van der Waals surface area contributed by atoms with E-state index in [0.29, 0.717) is 5.56 Å². The van der Waals surface area contributed by atoms with Crippen LogP contribution < -0.4 is 10.8 Å². The summed E-state index contributed by atoms with van der Waals surface area (Å²) in [5.41, 5.74) is 5.30. The highest BCUT2D eigenvalue weighted by atomic mass is 16.5. The summed E-state index contributed by atoms with van der Waals surface area (Å²) in [4.78, 5) is 24.1. The highest BCUT2D eigenvalue weighted by Crippen LogP contribution is 2.20. The van der Waals surface area contributed by atoms with Gasteiger partial charge in [-0.1, -0.05) is 43.3 Å². The summed E-state index contributed by atoms with van der Waals surface area (Å²) in [6, 6.07) is 14.4. The zero-order chi connectivity index (χ0) is 19.1. The Labute approximate surface area is 153 Å². The van der Waals surface area contributed by atoms with Crippen molar-refractivity contribution in [2.24, 2.45) is 0 Å². The van der Waals surface area contributed by atoms with Crippen molar-refractivity contribution in [3.05, 3.63) is 59.7 Å². The second-order valence-electron chi connectivity index (χ2n) is 6.00. The van der Waals surface area contributed by atoms with Gasteiger partial charge in [0.25, 0.3) is 11.8 Å². The van der Waals surface area contributed by atoms with Gasteiger partial charge in [0, 0.05) is 12.7 Å². The molecule has 2 amide bonds. The fourth-order valence-electron chi connectivity index (χ4n) is 2.57. The summed E-state index contributed by atoms with van der Waals surface area (Å²) < 4.78 is 5.08. The maximum Gasteiger partial charge on any atom is 0.268 e. The molecule has 1 unspecified atom stereocenters. The molecule has 6 nitrogen and oxygen atoms in total. The minimum absolute atomic E-state index is 0.415. The molecule has 138 valence electrons. The van der Waals surface area contributed by atoms with Crippen molar-refractivity contribution in [1.29, 1.82) is 0 Å². The molecule has 0 aliphatic carbocycles. The lowest BCUT2D eigenvalue weighted by Crippen LogP contribution is -2.52. The first kappa shape index (κ1) is 19.6. The van der Waals surface area contributed by atoms with Crippen molar-refractivity contribution < 1.29 is 19.5 Å². The summed E-state index contributed by atoms with van der Waals surface area (Å²) >= 11 is 0. The molecule has 0 fully saturated rings. The van der Waals surface area contributed by atoms with Crippen molar-refractivity contribution in [3.63, 3.8) is 0 Å². The third-order valence-corrected chi connectivity index (χ3v) is 4.36. The Morgan fingerprint density at radius 2 is 1.58 bits per heavy atom. The van der Waals surface area contributed by atoms with Crippen molar-refractivity contribution in [3.8, 4) is 11.1 Å². The van der Waals surface area contributed by atoms with Gasteiger partial charge >= 0.3 is 0 Å². The Morgan fingerprint density at radius 1 is 1.04 bits per heavy atom. The van der Waals surface area contributed by atoms with E-state index < -0.39 is 24.0 Å². The lowest BCUT2D eigenvalue weighted by atomic mass is 10.0. The summed E-state index contributed by atoms with van der Waals surface area (Å²) in [7, 11) is 1.42. The Morgan fingerprint density at radius 3 is 2.04 bits per heavy atom. The molecule has 0 spiro atoms. The average Bonchev–Trinajstić information content (AvgIpc) is 2.70. The highest BCUT2D eigenvalue weighted by Gasteiger charge is 2.27. The van der Waals surface area contributed by atoms with Crippen LogP contribution in [0.15, 0.2) is 48.5 Å². The van der Waals surface area contributed by atoms with Gasteiger partial charge in [-0.15, -0.1) is 0 Å². The number of aryl methyl sites for hydroxylation is 1. The van der Waals surface area contributed by atoms with E-state index in [2.05, 4.69) is 36.5 Å². The zero-order valence-electron chi connectivity index (χ0n) is 15.2. The molecule has 26 heavy (non-hydrogen) atoms. The molecule has 0 aromatic heterocycles. The number of carbonyl (C=O) groups excluding carboxylic acids is 2. The van der Waals surface area contributed by atoms with Gasteiger partial charge in [0.2, 0.25) is 0 Å². The maximum absolute atomic E-state index is 12.4. The summed E-state index contributed by atoms with van der Waals surface area (Å²) in [6.07, 6.45) is 0.393. The molecule has 2 aromatic carbocycles. The van der Waals surface area contributed by atoms with Crippen molar-refractivity contribution in [2.45, 2.75) is 32.4 Å². The number of rotatable bonds is 7. The van der Waals surface area contributed by atoms with Crippen LogP contribution >= 0.6 is 0 Å². The monoisotopic (exact) mass is 356 g/mol. The molecule has 2 rings (SSSR count). The minimum atomic E-state index is -1.00. The fourth-order valence-corrected chi connectivity index (χ4v) is 2.57. The number of methoxy groups -OCH3 is 1. The zero-order valence-corrected chi connectivity index (χ0v) is 15.2. The van der Waals surface area contributed by atoms with E-state index in [1.54, 1.807) is 24.5 Å². The van der Waals surface area contributed by atoms with E-state index in [9.17, 15) is 9.59 Å². The lowest BCUT2D eigenvalue weighted by Gasteiger charge is -2.22. The minimum Gasteiger partial charge on any atom is -0.379 e. The van der Waals surface area contributed by atoms with E-state index in [-0.39, 0.29) is 0 Å². The molecule has 0 saturated carbocycles. The standard InChI is InChI=1S/C20H24N2O4/c1-4-14-5-7-15(8-6-14)16-9-11-17(12-10-16)19(23)21-18(13(2)26-3)20(24)22-25/h5-13,18,25H,4H2,1-3H3,(H,21,23)(H,22,24)/t13-,18?/m1/s1. The molecule has 0 aliphatic heterocycles. The van der Waals surface area contributed by atoms with Crippen LogP contribution in [0.5, 0.6) is 0 Å². The van der Waals surface area contributed by atoms with Gasteiger partial charge in [0.1, 0.15) is 6.04 Å². The van der Waals surface area contributed by atoms with Gasteiger partial charge in [0.15, 0.2) is 0 Å². The van der Waals surface area contributed by atoms with Crippen LogP contribution in [0.4, 0.5) is 0 Å². The molecule has 0 aliphatic rings. The molecule has 6 heteroatoms. The number of ether oxygens (including phenoxy) is 1. The van der Waals surface area contributed by atoms with Crippen LogP contribution in [0.2, 0.25) is 0 Å². The Hall–Kier alpha value is -2.70. The van der Waals surface area contributed by atoms with Crippen LogP contribution in [0, 0.1) is 0 Å². The number of benzene rings is 2. The second kappa shape index (κ2) is 9.12. The molecule has 2 atom stereocenters. The van der Waals surface area contributed by atoms with Gasteiger partial charge in [-0.3, -0.25) is 14.8 Å². The number of carbonyl (C=O) groups is 2. The van der Waals surface area contributed by atoms with Crippen molar-refractivity contribution in [2.75, 3.05) is 7.11 Å². The molecular weight excluding hydrogens is 332 g/mol. The number of hydrogen-bond acceptors (Lipinski definition) is 4. The normalized spacial score (nSPS) is 12.9. The molecule has 3 N–H and O–H groups in total. The Balaban J connectivity index is 2.13. The van der Waals surface area contributed by atoms with Crippen molar-refractivity contribution >= 4 is 11.8 Å². The highest BCUT2D eigenvalue weighted by molar-refractivity contribution is 5.97. The van der Waals surface area contributed by atoms with Gasteiger partial charge < -0.3 is 10.1 Å². The first-order valence-corrected chi connectivity index (χ1v) is 8.47. The number of amides is 2.